The Labute approximate surface area is 121 Å². The second-order valence-corrected chi connectivity index (χ2v) is 5.84. The van der Waals surface area contributed by atoms with Crippen molar-refractivity contribution in [3.63, 3.8) is 0 Å². The summed E-state index contributed by atoms with van der Waals surface area (Å²) in [6.45, 7) is 3.95. The third kappa shape index (κ3) is 3.12. The van der Waals surface area contributed by atoms with Crippen molar-refractivity contribution in [3.8, 4) is 0 Å². The molecule has 6 nitrogen and oxygen atoms in total. The zero-order valence-electron chi connectivity index (χ0n) is 11.8. The van der Waals surface area contributed by atoms with Crippen LogP contribution in [0.4, 0.5) is 17.1 Å². The van der Waals surface area contributed by atoms with Crippen LogP contribution in [0.3, 0.4) is 0 Å². The highest BCUT2D eigenvalue weighted by atomic mass is 32.1. The fraction of sp³-hybridized carbons (Fsp3) is 0.462. The molecule has 20 heavy (non-hydrogen) atoms. The van der Waals surface area contributed by atoms with Crippen LogP contribution in [-0.4, -0.2) is 41.7 Å². The summed E-state index contributed by atoms with van der Waals surface area (Å²) in [4.78, 5) is 13.9. The van der Waals surface area contributed by atoms with E-state index in [1.807, 2.05) is 30.9 Å². The van der Waals surface area contributed by atoms with Gasteiger partial charge in [0.15, 0.2) is 0 Å². The Morgan fingerprint density at radius 3 is 2.90 bits per heavy atom. The average molecular weight is 294 g/mol. The lowest BCUT2D eigenvalue weighted by Crippen LogP contribution is -2.47. The highest BCUT2D eigenvalue weighted by molar-refractivity contribution is 7.58. The molecule has 1 aliphatic rings. The number of carbonyl (C=O) groups excluding carboxylic acids is 1. The summed E-state index contributed by atoms with van der Waals surface area (Å²) < 4.78 is 8.31. The molecule has 7 heteroatoms. The van der Waals surface area contributed by atoms with Crippen molar-refractivity contribution in [3.05, 3.63) is 18.2 Å². The maximum absolute atomic E-state index is 12.1. The maximum Gasteiger partial charge on any atom is 0.238 e. The monoisotopic (exact) mass is 294 g/mol. The van der Waals surface area contributed by atoms with Crippen molar-refractivity contribution in [1.82, 2.24) is 4.90 Å². The van der Waals surface area contributed by atoms with E-state index < -0.39 is 5.54 Å². The maximum atomic E-state index is 12.1. The fourth-order valence-electron chi connectivity index (χ4n) is 1.65. The van der Waals surface area contributed by atoms with Crippen LogP contribution >= 0.6 is 0 Å². The normalized spacial score (nSPS) is 13.2. The molecule has 0 saturated carbocycles. The second kappa shape index (κ2) is 5.82. The first kappa shape index (κ1) is 14.8. The van der Waals surface area contributed by atoms with Crippen LogP contribution in [0.2, 0.25) is 0 Å². The highest BCUT2D eigenvalue weighted by Gasteiger charge is 2.24. The molecule has 0 fully saturated rings. The lowest BCUT2D eigenvalue weighted by Gasteiger charge is -2.33. The van der Waals surface area contributed by atoms with E-state index in [1.165, 1.54) is 0 Å². The number of benzene rings is 1. The molecule has 0 radical (unpaired) electrons. The molecule has 2 rings (SSSR count). The lowest BCUT2D eigenvalue weighted by molar-refractivity contribution is -0.118. The minimum Gasteiger partial charge on any atom is -0.394 e. The van der Waals surface area contributed by atoms with Crippen LogP contribution in [0.5, 0.6) is 0 Å². The first-order valence-corrected chi connectivity index (χ1v) is 7.00. The van der Waals surface area contributed by atoms with Crippen molar-refractivity contribution in [2.75, 3.05) is 25.5 Å². The van der Waals surface area contributed by atoms with E-state index in [4.69, 9.17) is 0 Å². The van der Waals surface area contributed by atoms with E-state index in [-0.39, 0.29) is 19.1 Å². The van der Waals surface area contributed by atoms with Crippen molar-refractivity contribution in [2.45, 2.75) is 19.4 Å². The summed E-state index contributed by atoms with van der Waals surface area (Å²) in [5.74, 6) is -0.144. The van der Waals surface area contributed by atoms with Gasteiger partial charge in [-0.05, 0) is 33.0 Å². The zero-order valence-corrected chi connectivity index (χ0v) is 12.6. The van der Waals surface area contributed by atoms with Gasteiger partial charge in [-0.3, -0.25) is 9.69 Å². The Balaban J connectivity index is 2.03. The Kier molecular flexibility index (Phi) is 4.32. The smallest absolute Gasteiger partial charge is 0.238 e. The Hall–Kier alpha value is -1.57. The SMILES string of the molecule is CN(CC(=O)Nc1cccc2c1N=S=N2)C(C)(C)CO. The van der Waals surface area contributed by atoms with Crippen LogP contribution in [0.25, 0.3) is 0 Å². The molecule has 1 amide bonds. The van der Waals surface area contributed by atoms with Gasteiger partial charge in [0.05, 0.1) is 30.2 Å². The molecule has 0 unspecified atom stereocenters. The van der Waals surface area contributed by atoms with Crippen molar-refractivity contribution >= 4 is 34.3 Å². The quantitative estimate of drug-likeness (QED) is 0.886. The third-order valence-electron chi connectivity index (χ3n) is 3.36. The molecule has 2 N–H and O–H groups in total. The molecular weight excluding hydrogens is 276 g/mol. The van der Waals surface area contributed by atoms with Gasteiger partial charge < -0.3 is 10.4 Å². The van der Waals surface area contributed by atoms with Gasteiger partial charge in [-0.25, -0.2) is 0 Å². The minimum atomic E-state index is -0.439. The summed E-state index contributed by atoms with van der Waals surface area (Å²) in [7, 11) is 1.81. The summed E-state index contributed by atoms with van der Waals surface area (Å²) >= 11 is 1.12. The topological polar surface area (TPSA) is 77.3 Å². The molecule has 0 spiro atoms. The first-order valence-electron chi connectivity index (χ1n) is 6.27. The molecule has 1 aromatic rings. The molecule has 0 atom stereocenters. The van der Waals surface area contributed by atoms with E-state index in [0.717, 1.165) is 17.0 Å². The van der Waals surface area contributed by atoms with Gasteiger partial charge in [-0.2, -0.15) is 8.73 Å². The third-order valence-corrected chi connectivity index (χ3v) is 3.90. The number of aliphatic hydroxyl groups is 1. The van der Waals surface area contributed by atoms with E-state index in [2.05, 4.69) is 14.0 Å². The number of nitrogens with one attached hydrogen (secondary N) is 1. The van der Waals surface area contributed by atoms with Crippen LogP contribution < -0.4 is 5.32 Å². The molecule has 0 bridgehead atoms. The average Bonchev–Trinajstić information content (AvgIpc) is 2.88. The molecule has 0 saturated heterocycles. The largest absolute Gasteiger partial charge is 0.394 e. The van der Waals surface area contributed by atoms with E-state index >= 15 is 0 Å². The number of rotatable bonds is 5. The predicted molar refractivity (Wildman–Crippen MR) is 80.4 cm³/mol. The van der Waals surface area contributed by atoms with Crippen molar-refractivity contribution < 1.29 is 9.90 Å². The number of hydrogen-bond acceptors (Lipinski definition) is 5. The number of hydrogen-bond donors (Lipinski definition) is 2. The van der Waals surface area contributed by atoms with Gasteiger partial charge in [0.1, 0.15) is 11.4 Å². The number of anilines is 1. The minimum absolute atomic E-state index is 0.0115. The first-order chi connectivity index (χ1) is 9.44. The van der Waals surface area contributed by atoms with Gasteiger partial charge >= 0.3 is 0 Å². The summed E-state index contributed by atoms with van der Waals surface area (Å²) in [5, 5.41) is 12.1. The van der Waals surface area contributed by atoms with Crippen molar-refractivity contribution in [1.29, 1.82) is 0 Å². The number of aliphatic hydroxyl groups excluding tert-OH is 1. The van der Waals surface area contributed by atoms with Crippen LogP contribution in [0, 0.1) is 0 Å². The second-order valence-electron chi connectivity index (χ2n) is 5.31. The molecular formula is C13H18N4O2S. The molecule has 1 heterocycles. The van der Waals surface area contributed by atoms with Crippen molar-refractivity contribution in [2.24, 2.45) is 8.73 Å². The molecule has 0 aliphatic carbocycles. The van der Waals surface area contributed by atoms with Gasteiger partial charge in [0.2, 0.25) is 5.91 Å². The van der Waals surface area contributed by atoms with Gasteiger partial charge in [0, 0.05) is 5.54 Å². The number of carbonyl (C=O) groups is 1. The Morgan fingerprint density at radius 2 is 2.20 bits per heavy atom. The molecule has 108 valence electrons. The highest BCUT2D eigenvalue weighted by Crippen LogP contribution is 2.38. The fourth-order valence-corrected chi connectivity index (χ4v) is 2.20. The van der Waals surface area contributed by atoms with Crippen LogP contribution in [0.15, 0.2) is 26.9 Å². The Morgan fingerprint density at radius 1 is 1.45 bits per heavy atom. The van der Waals surface area contributed by atoms with Gasteiger partial charge in [-0.15, -0.1) is 0 Å². The van der Waals surface area contributed by atoms with E-state index in [0.29, 0.717) is 11.4 Å². The summed E-state index contributed by atoms with van der Waals surface area (Å²) in [6, 6.07) is 5.50. The van der Waals surface area contributed by atoms with Gasteiger partial charge in [-0.1, -0.05) is 6.07 Å². The van der Waals surface area contributed by atoms with Crippen LogP contribution in [-0.2, 0) is 16.1 Å². The summed E-state index contributed by atoms with van der Waals surface area (Å²) in [6.07, 6.45) is 0. The standard InChI is InChI=1S/C13H18N4O2S/c1-13(2,8-18)17(3)7-11(19)14-9-5-4-6-10-12(9)16-20-15-10/h4-6,18H,7-8H2,1-3H3,(H,14,19). The van der Waals surface area contributed by atoms with E-state index in [1.54, 1.807) is 13.1 Å². The summed E-state index contributed by atoms with van der Waals surface area (Å²) in [5.41, 5.74) is 1.70. The number of fused-ring (bicyclic) bond motifs is 1. The number of nitrogens with zero attached hydrogens (tertiary/aromatic N) is 3. The zero-order chi connectivity index (χ0) is 14.8. The molecule has 0 aromatic heterocycles. The Bertz CT molecular complexity index is 594. The molecule has 1 aliphatic heterocycles. The predicted octanol–water partition coefficient (Wildman–Crippen LogP) is 2.05. The van der Waals surface area contributed by atoms with Crippen LogP contribution in [0.1, 0.15) is 13.8 Å². The number of likely N-dealkylation sites (N-methyl/N-ethyl adjacent to an activating group) is 1. The lowest BCUT2D eigenvalue weighted by atomic mass is 10.1. The molecule has 1 aromatic carbocycles. The number of amides is 1. The van der Waals surface area contributed by atoms with E-state index in [9.17, 15) is 9.90 Å². The van der Waals surface area contributed by atoms with Gasteiger partial charge in [0.25, 0.3) is 0 Å².